The van der Waals surface area contributed by atoms with Crippen LogP contribution in [-0.4, -0.2) is 43.3 Å². The Balaban J connectivity index is 2.14. The maximum absolute atomic E-state index is 12.8. The second kappa shape index (κ2) is 11.2. The summed E-state index contributed by atoms with van der Waals surface area (Å²) in [5.41, 5.74) is 3.71. The molecule has 8 nitrogen and oxygen atoms in total. The lowest BCUT2D eigenvalue weighted by molar-refractivity contribution is 0.0956. The van der Waals surface area contributed by atoms with E-state index in [0.717, 1.165) is 12.8 Å². The van der Waals surface area contributed by atoms with Crippen LogP contribution in [0.15, 0.2) is 45.7 Å². The van der Waals surface area contributed by atoms with E-state index in [1.165, 1.54) is 39.9 Å². The maximum Gasteiger partial charge on any atom is 0.274 e. The lowest BCUT2D eigenvalue weighted by Gasteiger charge is -2.20. The van der Waals surface area contributed by atoms with Crippen molar-refractivity contribution in [2.24, 2.45) is 5.10 Å². The number of nitrogens with one attached hydrogen (secondary N) is 2. The molecule has 2 rings (SSSR count). The third kappa shape index (κ3) is 6.46. The second-order valence-electron chi connectivity index (χ2n) is 6.99. The van der Waals surface area contributed by atoms with Gasteiger partial charge >= 0.3 is 0 Å². The minimum Gasteiger partial charge on any atom is -0.313 e. The van der Waals surface area contributed by atoms with Crippen LogP contribution in [0.1, 0.15) is 61.3 Å². The van der Waals surface area contributed by atoms with Crippen molar-refractivity contribution in [1.29, 1.82) is 0 Å². The number of hydrogen-bond acceptors (Lipinski definition) is 6. The lowest BCUT2D eigenvalue weighted by atomic mass is 10.2. The Morgan fingerprint density at radius 1 is 1.06 bits per heavy atom. The first-order valence-electron chi connectivity index (χ1n) is 10.0. The summed E-state index contributed by atoms with van der Waals surface area (Å²) in [6, 6.07) is 7.39. The molecule has 0 spiro atoms. The predicted molar refractivity (Wildman–Crippen MR) is 124 cm³/mol. The summed E-state index contributed by atoms with van der Waals surface area (Å²) < 4.78 is 27.0. The predicted octanol–water partition coefficient (Wildman–Crippen LogP) is 3.94. The van der Waals surface area contributed by atoms with E-state index >= 15 is 0 Å². The fourth-order valence-electron chi connectivity index (χ4n) is 2.69. The molecule has 0 saturated carbocycles. The molecule has 2 N–H and O–H groups in total. The molecular weight excluding hydrogens is 436 g/mol. The highest BCUT2D eigenvalue weighted by Gasteiger charge is 2.23. The normalized spacial score (nSPS) is 11.3. The number of unbranched alkanes of at least 4 members (excludes halogenated alkanes) is 1. The van der Waals surface area contributed by atoms with Crippen LogP contribution in [0.25, 0.3) is 0 Å². The Kier molecular flexibility index (Phi) is 8.90. The van der Waals surface area contributed by atoms with Crippen LogP contribution in [0.5, 0.6) is 0 Å². The van der Waals surface area contributed by atoms with Gasteiger partial charge in [-0.05, 0) is 56.0 Å². The molecule has 0 saturated heterocycles. The lowest BCUT2D eigenvalue weighted by Crippen LogP contribution is -2.31. The fourth-order valence-corrected chi connectivity index (χ4v) is 4.96. The van der Waals surface area contributed by atoms with Gasteiger partial charge in [0, 0.05) is 24.4 Å². The van der Waals surface area contributed by atoms with E-state index in [0.29, 0.717) is 29.4 Å². The molecule has 0 radical (unpaired) electrons. The summed E-state index contributed by atoms with van der Waals surface area (Å²) in [6.07, 6.45) is 1.69. The molecule has 2 aromatic rings. The Morgan fingerprint density at radius 2 is 1.74 bits per heavy atom. The minimum absolute atomic E-state index is 0.144. The number of thiophene rings is 1. The second-order valence-corrected chi connectivity index (χ2v) is 9.85. The number of carbonyl (C=O) groups excluding carboxylic acids is 2. The summed E-state index contributed by atoms with van der Waals surface area (Å²) in [7, 11) is -3.61. The van der Waals surface area contributed by atoms with Gasteiger partial charge in [-0.2, -0.15) is 9.41 Å². The van der Waals surface area contributed by atoms with E-state index in [4.69, 9.17) is 0 Å². The number of rotatable bonds is 10. The van der Waals surface area contributed by atoms with E-state index in [1.807, 2.05) is 6.92 Å². The molecule has 2 amide bonds. The van der Waals surface area contributed by atoms with Crippen molar-refractivity contribution in [3.05, 3.63) is 46.8 Å². The Bertz CT molecular complexity index is 1040. The van der Waals surface area contributed by atoms with Gasteiger partial charge in [0.25, 0.3) is 11.8 Å². The van der Waals surface area contributed by atoms with Gasteiger partial charge in [-0.15, -0.1) is 11.3 Å². The van der Waals surface area contributed by atoms with Crippen LogP contribution >= 0.6 is 11.3 Å². The zero-order valence-electron chi connectivity index (χ0n) is 18.1. The zero-order valence-corrected chi connectivity index (χ0v) is 19.8. The molecule has 1 aromatic heterocycles. The van der Waals surface area contributed by atoms with Crippen molar-refractivity contribution in [2.75, 3.05) is 18.4 Å². The summed E-state index contributed by atoms with van der Waals surface area (Å²) in [5.74, 6) is -0.861. The van der Waals surface area contributed by atoms with Crippen LogP contribution in [0.4, 0.5) is 5.00 Å². The molecule has 0 aliphatic heterocycles. The van der Waals surface area contributed by atoms with Crippen LogP contribution in [0, 0.1) is 0 Å². The number of hydrogen-bond donors (Lipinski definition) is 2. The Morgan fingerprint density at radius 3 is 2.32 bits per heavy atom. The fraction of sp³-hybridized carbons (Fsp3) is 0.381. The number of carbonyl (C=O) groups is 2. The number of hydrazone groups is 1. The molecule has 10 heteroatoms. The first-order valence-corrected chi connectivity index (χ1v) is 12.3. The molecule has 0 atom stereocenters. The monoisotopic (exact) mass is 464 g/mol. The Hall–Kier alpha value is -2.56. The topological polar surface area (TPSA) is 108 Å². The van der Waals surface area contributed by atoms with Gasteiger partial charge in [0.2, 0.25) is 10.0 Å². The van der Waals surface area contributed by atoms with Crippen molar-refractivity contribution in [2.45, 2.75) is 45.4 Å². The minimum atomic E-state index is -3.61. The summed E-state index contributed by atoms with van der Waals surface area (Å²) in [4.78, 5) is 25.0. The summed E-state index contributed by atoms with van der Waals surface area (Å²) in [6.45, 7) is 8.16. The van der Waals surface area contributed by atoms with Gasteiger partial charge in [0.15, 0.2) is 0 Å². The molecule has 1 aromatic carbocycles. The molecular formula is C21H28N4O4S2. The van der Waals surface area contributed by atoms with Crippen molar-refractivity contribution >= 4 is 43.9 Å². The van der Waals surface area contributed by atoms with E-state index in [2.05, 4.69) is 15.8 Å². The Labute approximate surface area is 187 Å². The van der Waals surface area contributed by atoms with E-state index in [1.54, 1.807) is 32.2 Å². The van der Waals surface area contributed by atoms with Crippen molar-refractivity contribution in [3.8, 4) is 0 Å². The third-order valence-corrected chi connectivity index (χ3v) is 7.20. The van der Waals surface area contributed by atoms with Gasteiger partial charge in [0.1, 0.15) is 5.00 Å². The van der Waals surface area contributed by atoms with Crippen molar-refractivity contribution in [3.63, 3.8) is 0 Å². The molecule has 31 heavy (non-hydrogen) atoms. The van der Waals surface area contributed by atoms with Crippen LogP contribution < -0.4 is 10.7 Å². The molecule has 168 valence electrons. The number of anilines is 1. The largest absolute Gasteiger partial charge is 0.313 e. The van der Waals surface area contributed by atoms with Gasteiger partial charge in [-0.25, -0.2) is 13.8 Å². The zero-order chi connectivity index (χ0) is 23.0. The van der Waals surface area contributed by atoms with Gasteiger partial charge in [-0.1, -0.05) is 20.3 Å². The molecule has 0 bridgehead atoms. The average molecular weight is 465 g/mol. The van der Waals surface area contributed by atoms with E-state index < -0.39 is 21.8 Å². The van der Waals surface area contributed by atoms with Crippen molar-refractivity contribution < 1.29 is 18.0 Å². The van der Waals surface area contributed by atoms with E-state index in [-0.39, 0.29) is 10.5 Å². The number of nitrogens with zero attached hydrogens (tertiary/aromatic N) is 2. The highest BCUT2D eigenvalue weighted by Crippen LogP contribution is 2.24. The number of sulfonamides is 1. The SMILES string of the molecule is CCCCN(CC)S(=O)(=O)c1ccc(C(=O)Nc2sccc2C(=O)NN=C(C)C)cc1. The molecule has 0 aliphatic rings. The van der Waals surface area contributed by atoms with Crippen LogP contribution in [0.2, 0.25) is 0 Å². The van der Waals surface area contributed by atoms with E-state index in [9.17, 15) is 18.0 Å². The number of amides is 2. The van der Waals surface area contributed by atoms with Gasteiger partial charge in [0.05, 0.1) is 10.5 Å². The molecule has 1 heterocycles. The smallest absolute Gasteiger partial charge is 0.274 e. The van der Waals surface area contributed by atoms with Crippen LogP contribution in [0.3, 0.4) is 0 Å². The van der Waals surface area contributed by atoms with Crippen LogP contribution in [-0.2, 0) is 10.0 Å². The standard InChI is InChI=1S/C21H28N4O4S2/c1-5-7-13-25(6-2)31(28,29)17-10-8-16(9-11-17)19(26)22-21-18(12-14-30-21)20(27)24-23-15(3)4/h8-12,14H,5-7,13H2,1-4H3,(H,22,26)(H,24,27). The quantitative estimate of drug-likeness (QED) is 0.410. The first kappa shape index (κ1) is 24.7. The molecule has 0 unspecified atom stereocenters. The summed E-state index contributed by atoms with van der Waals surface area (Å²) >= 11 is 1.21. The maximum atomic E-state index is 12.8. The highest BCUT2D eigenvalue weighted by atomic mass is 32.2. The molecule has 0 aliphatic carbocycles. The average Bonchev–Trinajstić information content (AvgIpc) is 3.20. The highest BCUT2D eigenvalue weighted by molar-refractivity contribution is 7.89. The first-order chi connectivity index (χ1) is 14.7. The van der Waals surface area contributed by atoms with Gasteiger partial charge in [-0.3, -0.25) is 9.59 Å². The number of benzene rings is 1. The molecule has 0 fully saturated rings. The van der Waals surface area contributed by atoms with Gasteiger partial charge < -0.3 is 5.32 Å². The van der Waals surface area contributed by atoms with Crippen molar-refractivity contribution in [1.82, 2.24) is 9.73 Å². The third-order valence-electron chi connectivity index (χ3n) is 4.39. The summed E-state index contributed by atoms with van der Waals surface area (Å²) in [5, 5.41) is 8.67.